The third kappa shape index (κ3) is 6.42. The first-order valence-electron chi connectivity index (χ1n) is 12.0. The van der Waals surface area contributed by atoms with Gasteiger partial charge < -0.3 is 19.3 Å². The molecule has 7 heteroatoms. The number of ether oxygens (including phenoxy) is 2. The van der Waals surface area contributed by atoms with E-state index >= 15 is 0 Å². The Morgan fingerprint density at radius 3 is 2.37 bits per heavy atom. The summed E-state index contributed by atoms with van der Waals surface area (Å²) >= 11 is 1.62. The largest absolute Gasteiger partial charge is 0.454 e. The van der Waals surface area contributed by atoms with Gasteiger partial charge in [-0.3, -0.25) is 9.59 Å². The summed E-state index contributed by atoms with van der Waals surface area (Å²) < 4.78 is 10.9. The number of rotatable bonds is 10. The Morgan fingerprint density at radius 1 is 0.943 bits per heavy atom. The molecule has 4 rings (SSSR count). The van der Waals surface area contributed by atoms with Crippen LogP contribution in [-0.2, 0) is 24.3 Å². The average Bonchev–Trinajstić information content (AvgIpc) is 3.54. The van der Waals surface area contributed by atoms with E-state index in [9.17, 15) is 9.59 Å². The Balaban J connectivity index is 1.53. The van der Waals surface area contributed by atoms with Crippen LogP contribution in [0.1, 0.15) is 47.1 Å². The van der Waals surface area contributed by atoms with Crippen molar-refractivity contribution >= 4 is 23.2 Å². The molecule has 0 fully saturated rings. The van der Waals surface area contributed by atoms with Crippen molar-refractivity contribution in [2.75, 3.05) is 19.9 Å². The van der Waals surface area contributed by atoms with Crippen LogP contribution in [-0.4, -0.2) is 41.5 Å². The molecule has 0 spiro atoms. The minimum Gasteiger partial charge on any atom is -0.454 e. The van der Waals surface area contributed by atoms with Gasteiger partial charge in [-0.15, -0.1) is 11.3 Å². The van der Waals surface area contributed by atoms with Gasteiger partial charge in [0.1, 0.15) is 6.54 Å². The van der Waals surface area contributed by atoms with Gasteiger partial charge in [-0.2, -0.15) is 0 Å². The molecule has 6 nitrogen and oxygen atoms in total. The van der Waals surface area contributed by atoms with E-state index in [-0.39, 0.29) is 31.1 Å². The number of hydrogen-bond acceptors (Lipinski definition) is 5. The molecule has 2 amide bonds. The summed E-state index contributed by atoms with van der Waals surface area (Å²) in [7, 11) is 0. The van der Waals surface area contributed by atoms with Crippen molar-refractivity contribution in [3.63, 3.8) is 0 Å². The molecule has 1 aliphatic rings. The fraction of sp³-hybridized carbons (Fsp3) is 0.357. The van der Waals surface area contributed by atoms with E-state index in [0.717, 1.165) is 16.9 Å². The molecular formula is C28H32N2O4S. The van der Waals surface area contributed by atoms with E-state index in [4.69, 9.17) is 9.47 Å². The van der Waals surface area contributed by atoms with Gasteiger partial charge >= 0.3 is 0 Å². The van der Waals surface area contributed by atoms with Gasteiger partial charge in [0.05, 0.1) is 6.54 Å². The summed E-state index contributed by atoms with van der Waals surface area (Å²) in [4.78, 5) is 31.6. The Hall–Kier alpha value is -3.32. The number of amides is 2. The smallest absolute Gasteiger partial charge is 0.254 e. The maximum Gasteiger partial charge on any atom is 0.254 e. The summed E-state index contributed by atoms with van der Waals surface area (Å²) in [6.45, 7) is 7.86. The predicted molar refractivity (Wildman–Crippen MR) is 138 cm³/mol. The Morgan fingerprint density at radius 2 is 1.69 bits per heavy atom. The van der Waals surface area contributed by atoms with Crippen molar-refractivity contribution in [1.82, 2.24) is 9.80 Å². The highest BCUT2D eigenvalue weighted by atomic mass is 32.1. The summed E-state index contributed by atoms with van der Waals surface area (Å²) in [5.41, 5.74) is 2.74. The first kappa shape index (κ1) is 24.8. The summed E-state index contributed by atoms with van der Waals surface area (Å²) in [5, 5.41) is 2.01. The fourth-order valence-corrected chi connectivity index (χ4v) is 4.79. The normalized spacial score (nSPS) is 12.1. The first-order valence-corrected chi connectivity index (χ1v) is 12.9. The molecule has 3 aromatic rings. The Kier molecular flexibility index (Phi) is 8.08. The van der Waals surface area contributed by atoms with Gasteiger partial charge in [0.2, 0.25) is 12.7 Å². The van der Waals surface area contributed by atoms with Gasteiger partial charge in [-0.05, 0) is 59.2 Å². The molecular weight excluding hydrogens is 460 g/mol. The minimum absolute atomic E-state index is 0.0302. The third-order valence-corrected chi connectivity index (χ3v) is 6.76. The van der Waals surface area contributed by atoms with Crippen LogP contribution in [0.25, 0.3) is 0 Å². The molecule has 2 aromatic carbocycles. The zero-order valence-electron chi connectivity index (χ0n) is 20.5. The molecule has 0 aliphatic carbocycles. The van der Waals surface area contributed by atoms with Crippen molar-refractivity contribution in [2.45, 2.75) is 40.3 Å². The number of fused-ring (bicyclic) bond motifs is 1. The van der Waals surface area contributed by atoms with E-state index < -0.39 is 0 Å². The number of nitrogens with zero attached hydrogens (tertiary/aromatic N) is 2. The molecule has 1 aliphatic heterocycles. The summed E-state index contributed by atoms with van der Waals surface area (Å²) in [6, 6.07) is 17.4. The maximum absolute atomic E-state index is 13.6. The SMILES string of the molecule is CCc1ccc(C(=O)N(CC(=O)N(Cc2ccc3c(c2)OCO3)Cc2cccs2)CC(C)C)cc1. The molecule has 0 saturated carbocycles. The monoisotopic (exact) mass is 492 g/mol. The fourth-order valence-electron chi connectivity index (χ4n) is 4.07. The molecule has 1 aromatic heterocycles. The lowest BCUT2D eigenvalue weighted by atomic mass is 10.1. The van der Waals surface area contributed by atoms with Crippen molar-refractivity contribution in [3.05, 3.63) is 81.5 Å². The molecule has 0 saturated heterocycles. The minimum atomic E-state index is -0.117. The summed E-state index contributed by atoms with van der Waals surface area (Å²) in [6.07, 6.45) is 0.917. The number of hydrogen-bond donors (Lipinski definition) is 0. The van der Waals surface area contributed by atoms with Crippen molar-refractivity contribution in [2.24, 2.45) is 5.92 Å². The van der Waals surface area contributed by atoms with E-state index in [2.05, 4.69) is 20.8 Å². The van der Waals surface area contributed by atoms with E-state index in [1.54, 1.807) is 16.2 Å². The number of benzene rings is 2. The van der Waals surface area contributed by atoms with Crippen LogP contribution in [0.5, 0.6) is 11.5 Å². The van der Waals surface area contributed by atoms with Gasteiger partial charge in [0.25, 0.3) is 5.91 Å². The van der Waals surface area contributed by atoms with Crippen LogP contribution in [0.3, 0.4) is 0 Å². The highest BCUT2D eigenvalue weighted by Crippen LogP contribution is 2.33. The van der Waals surface area contributed by atoms with Gasteiger partial charge in [-0.1, -0.05) is 45.0 Å². The zero-order valence-corrected chi connectivity index (χ0v) is 21.3. The molecule has 184 valence electrons. The highest BCUT2D eigenvalue weighted by molar-refractivity contribution is 7.09. The van der Waals surface area contributed by atoms with Crippen LogP contribution in [0.2, 0.25) is 0 Å². The van der Waals surface area contributed by atoms with Crippen LogP contribution >= 0.6 is 11.3 Å². The van der Waals surface area contributed by atoms with E-state index in [0.29, 0.717) is 36.7 Å². The Bertz CT molecular complexity index is 1140. The number of carbonyl (C=O) groups excluding carboxylic acids is 2. The van der Waals surface area contributed by atoms with Gasteiger partial charge in [0, 0.05) is 23.5 Å². The number of aryl methyl sites for hydroxylation is 1. The lowest BCUT2D eigenvalue weighted by Gasteiger charge is -2.29. The maximum atomic E-state index is 13.6. The second-order valence-corrected chi connectivity index (χ2v) is 10.2. The average molecular weight is 493 g/mol. The van der Waals surface area contributed by atoms with Crippen LogP contribution in [0.4, 0.5) is 0 Å². The standard InChI is InChI=1S/C28H32N2O4S/c1-4-21-7-10-23(11-8-21)28(32)30(15-20(2)3)18-27(31)29(17-24-6-5-13-35-24)16-22-9-12-25-26(14-22)34-19-33-25/h5-14,20H,4,15-19H2,1-3H3. The number of carbonyl (C=O) groups is 2. The molecule has 0 N–H and O–H groups in total. The van der Waals surface area contributed by atoms with Crippen LogP contribution in [0.15, 0.2) is 60.0 Å². The predicted octanol–water partition coefficient (Wildman–Crippen LogP) is 5.37. The topological polar surface area (TPSA) is 59.1 Å². The molecule has 2 heterocycles. The second-order valence-electron chi connectivity index (χ2n) is 9.15. The van der Waals surface area contributed by atoms with E-state index in [1.807, 2.05) is 64.9 Å². The van der Waals surface area contributed by atoms with E-state index in [1.165, 1.54) is 5.56 Å². The van der Waals surface area contributed by atoms with Crippen molar-refractivity contribution < 1.29 is 19.1 Å². The van der Waals surface area contributed by atoms with Gasteiger partial charge in [-0.25, -0.2) is 0 Å². The quantitative estimate of drug-likeness (QED) is 0.382. The Labute approximate surface area is 211 Å². The van der Waals surface area contributed by atoms with Crippen molar-refractivity contribution in [1.29, 1.82) is 0 Å². The molecule has 0 unspecified atom stereocenters. The van der Waals surface area contributed by atoms with Crippen LogP contribution < -0.4 is 9.47 Å². The van der Waals surface area contributed by atoms with Crippen molar-refractivity contribution in [3.8, 4) is 11.5 Å². The number of thiophene rings is 1. The highest BCUT2D eigenvalue weighted by Gasteiger charge is 2.24. The summed E-state index contributed by atoms with van der Waals surface area (Å²) in [5.74, 6) is 1.44. The molecule has 0 atom stereocenters. The lowest BCUT2D eigenvalue weighted by Crippen LogP contribution is -2.43. The first-order chi connectivity index (χ1) is 16.9. The third-order valence-electron chi connectivity index (χ3n) is 5.90. The molecule has 35 heavy (non-hydrogen) atoms. The van der Waals surface area contributed by atoms with Crippen LogP contribution in [0, 0.1) is 5.92 Å². The molecule has 0 radical (unpaired) electrons. The zero-order chi connectivity index (χ0) is 24.8. The second kappa shape index (κ2) is 11.4. The molecule has 0 bridgehead atoms. The lowest BCUT2D eigenvalue weighted by molar-refractivity contribution is -0.133. The van der Waals surface area contributed by atoms with Gasteiger partial charge in [0.15, 0.2) is 11.5 Å².